The second kappa shape index (κ2) is 13.0. The SMILES string of the molecule is CO[C@@H]1CCN(CCCOc2nc3c(c(N4CCN(C=CC=O)CC4)n2)CCN(c2cc(O)cc4ccccc24)C3)C1. The van der Waals surface area contributed by atoms with Gasteiger partial charge in [-0.1, -0.05) is 24.3 Å². The molecule has 0 bridgehead atoms. The molecule has 10 nitrogen and oxygen atoms in total. The van der Waals surface area contributed by atoms with E-state index in [1.54, 1.807) is 13.2 Å². The number of methoxy groups -OCH3 is 1. The largest absolute Gasteiger partial charge is 0.508 e. The molecule has 0 amide bonds. The van der Waals surface area contributed by atoms with Gasteiger partial charge in [0.25, 0.3) is 0 Å². The number of aromatic nitrogens is 2. The van der Waals surface area contributed by atoms with Gasteiger partial charge in [0.15, 0.2) is 0 Å². The predicted octanol–water partition coefficient (Wildman–Crippen LogP) is 3.22. The molecular formula is C32H40N6O4. The van der Waals surface area contributed by atoms with Crippen molar-refractivity contribution in [2.75, 3.05) is 75.9 Å². The Hall–Kier alpha value is -3.89. The van der Waals surface area contributed by atoms with Crippen LogP contribution >= 0.6 is 0 Å². The molecule has 0 aliphatic carbocycles. The van der Waals surface area contributed by atoms with Crippen LogP contribution in [-0.2, 0) is 22.5 Å². The summed E-state index contributed by atoms with van der Waals surface area (Å²) in [6.45, 7) is 8.22. The zero-order chi connectivity index (χ0) is 28.9. The monoisotopic (exact) mass is 572 g/mol. The molecule has 3 aromatic rings. The van der Waals surface area contributed by atoms with Crippen molar-refractivity contribution in [3.8, 4) is 11.8 Å². The lowest BCUT2D eigenvalue weighted by Gasteiger charge is -2.38. The third-order valence-corrected chi connectivity index (χ3v) is 8.59. The highest BCUT2D eigenvalue weighted by atomic mass is 16.5. The van der Waals surface area contributed by atoms with Crippen LogP contribution < -0.4 is 14.5 Å². The summed E-state index contributed by atoms with van der Waals surface area (Å²) in [7, 11) is 1.79. The van der Waals surface area contributed by atoms with E-state index in [-0.39, 0.29) is 5.75 Å². The quantitative estimate of drug-likeness (QED) is 0.222. The lowest BCUT2D eigenvalue weighted by molar-refractivity contribution is -0.104. The number of aldehydes is 1. The van der Waals surface area contributed by atoms with E-state index < -0.39 is 0 Å². The van der Waals surface area contributed by atoms with Crippen molar-refractivity contribution in [1.29, 1.82) is 0 Å². The standard InChI is InChI=1S/C32H40N6O4/c1-41-26-8-12-36(22-26)11-5-19-42-32-33-29-23-38(30-21-25(40)20-24-6-2-3-7-27(24)30)13-9-28(29)31(34-32)37-16-14-35(15-17-37)10-4-18-39/h2-4,6-7,10,18,20-21,26,40H,5,8-9,11-17,19,22-23H2,1H3/t26-/m1/s1. The zero-order valence-corrected chi connectivity index (χ0v) is 24.3. The highest BCUT2D eigenvalue weighted by Crippen LogP contribution is 2.36. The fourth-order valence-electron chi connectivity index (χ4n) is 6.34. The van der Waals surface area contributed by atoms with Crippen molar-refractivity contribution < 1.29 is 19.4 Å². The minimum atomic E-state index is 0.262. The minimum absolute atomic E-state index is 0.262. The number of ether oxygens (including phenoxy) is 2. The number of anilines is 2. The average molecular weight is 573 g/mol. The molecule has 10 heteroatoms. The maximum absolute atomic E-state index is 10.8. The molecular weight excluding hydrogens is 532 g/mol. The highest BCUT2D eigenvalue weighted by Gasteiger charge is 2.28. The Kier molecular flexibility index (Phi) is 8.71. The van der Waals surface area contributed by atoms with Crippen LogP contribution in [0.1, 0.15) is 24.1 Å². The van der Waals surface area contributed by atoms with Crippen LogP contribution in [0.2, 0.25) is 0 Å². The lowest BCUT2D eigenvalue weighted by atomic mass is 10.0. The van der Waals surface area contributed by atoms with Gasteiger partial charge >= 0.3 is 6.01 Å². The van der Waals surface area contributed by atoms with Crippen molar-refractivity contribution >= 4 is 28.6 Å². The summed E-state index contributed by atoms with van der Waals surface area (Å²) < 4.78 is 11.7. The second-order valence-electron chi connectivity index (χ2n) is 11.3. The summed E-state index contributed by atoms with van der Waals surface area (Å²) in [5.74, 6) is 1.22. The fourth-order valence-corrected chi connectivity index (χ4v) is 6.34. The van der Waals surface area contributed by atoms with Crippen LogP contribution in [0.25, 0.3) is 10.8 Å². The molecule has 0 saturated carbocycles. The first-order valence-electron chi connectivity index (χ1n) is 15.0. The minimum Gasteiger partial charge on any atom is -0.508 e. The van der Waals surface area contributed by atoms with Crippen molar-refractivity contribution in [1.82, 2.24) is 19.8 Å². The van der Waals surface area contributed by atoms with E-state index in [9.17, 15) is 9.90 Å². The number of benzene rings is 2. The number of phenolic OH excluding ortho intramolecular Hbond substituents is 1. The molecule has 1 N–H and O–H groups in total. The Labute approximate surface area is 247 Å². The maximum Gasteiger partial charge on any atom is 0.318 e. The number of piperazine rings is 1. The van der Waals surface area contributed by atoms with Crippen molar-refractivity contribution in [3.05, 3.63) is 59.9 Å². The van der Waals surface area contributed by atoms with Crippen LogP contribution in [-0.4, -0.2) is 103 Å². The molecule has 0 unspecified atom stereocenters. The summed E-state index contributed by atoms with van der Waals surface area (Å²) >= 11 is 0. The summed E-state index contributed by atoms with van der Waals surface area (Å²) in [6.07, 6.45) is 7.34. The van der Waals surface area contributed by atoms with Crippen LogP contribution in [0.5, 0.6) is 11.8 Å². The molecule has 222 valence electrons. The number of likely N-dealkylation sites (tertiary alicyclic amines) is 1. The van der Waals surface area contributed by atoms with Crippen molar-refractivity contribution in [2.45, 2.75) is 31.9 Å². The van der Waals surface area contributed by atoms with Gasteiger partial charge in [-0.05, 0) is 36.8 Å². The zero-order valence-electron chi connectivity index (χ0n) is 24.3. The van der Waals surface area contributed by atoms with Crippen molar-refractivity contribution in [2.24, 2.45) is 0 Å². The molecule has 2 fully saturated rings. The number of carbonyl (C=O) groups excluding carboxylic acids is 1. The van der Waals surface area contributed by atoms with E-state index >= 15 is 0 Å². The third kappa shape index (κ3) is 6.29. The van der Waals surface area contributed by atoms with E-state index in [0.717, 1.165) is 106 Å². The van der Waals surface area contributed by atoms with E-state index in [4.69, 9.17) is 19.4 Å². The lowest BCUT2D eigenvalue weighted by Crippen LogP contribution is -2.45. The Morgan fingerprint density at radius 3 is 2.71 bits per heavy atom. The van der Waals surface area contributed by atoms with E-state index in [1.807, 2.05) is 36.5 Å². The molecule has 0 radical (unpaired) electrons. The molecule has 6 rings (SSSR count). The fraction of sp³-hybridized carbons (Fsp3) is 0.469. The molecule has 2 aromatic carbocycles. The molecule has 3 aliphatic heterocycles. The van der Waals surface area contributed by atoms with Crippen LogP contribution in [0.15, 0.2) is 48.7 Å². The van der Waals surface area contributed by atoms with Gasteiger partial charge in [-0.25, -0.2) is 0 Å². The van der Waals surface area contributed by atoms with Gasteiger partial charge in [-0.3, -0.25) is 4.79 Å². The molecule has 2 saturated heterocycles. The number of fused-ring (bicyclic) bond motifs is 2. The maximum atomic E-state index is 10.8. The summed E-state index contributed by atoms with van der Waals surface area (Å²) in [4.78, 5) is 29.9. The number of allylic oxidation sites excluding steroid dienone is 1. The van der Waals surface area contributed by atoms with E-state index in [1.165, 1.54) is 5.56 Å². The molecule has 4 heterocycles. The molecule has 42 heavy (non-hydrogen) atoms. The molecule has 3 aliphatic rings. The molecule has 0 spiro atoms. The van der Waals surface area contributed by atoms with E-state index in [2.05, 4.69) is 25.7 Å². The van der Waals surface area contributed by atoms with Crippen LogP contribution in [0.3, 0.4) is 0 Å². The number of nitrogens with zero attached hydrogens (tertiary/aromatic N) is 6. The number of hydrogen-bond donors (Lipinski definition) is 1. The number of phenols is 1. The summed E-state index contributed by atoms with van der Waals surface area (Å²) in [5.41, 5.74) is 3.15. The van der Waals surface area contributed by atoms with Gasteiger partial charge in [0, 0.05) is 88.4 Å². The first-order valence-corrected chi connectivity index (χ1v) is 15.0. The highest BCUT2D eigenvalue weighted by molar-refractivity contribution is 5.95. The summed E-state index contributed by atoms with van der Waals surface area (Å²) in [5, 5.41) is 12.6. The van der Waals surface area contributed by atoms with E-state index in [0.29, 0.717) is 25.3 Å². The van der Waals surface area contributed by atoms with Crippen LogP contribution in [0, 0.1) is 0 Å². The Bertz CT molecular complexity index is 1420. The summed E-state index contributed by atoms with van der Waals surface area (Å²) in [6, 6.07) is 12.3. The normalized spacial score (nSPS) is 19.5. The number of hydrogen-bond acceptors (Lipinski definition) is 10. The van der Waals surface area contributed by atoms with Gasteiger partial charge in [-0.15, -0.1) is 0 Å². The van der Waals surface area contributed by atoms with Crippen molar-refractivity contribution in [3.63, 3.8) is 0 Å². The first-order chi connectivity index (χ1) is 20.6. The third-order valence-electron chi connectivity index (χ3n) is 8.59. The van der Waals surface area contributed by atoms with Gasteiger partial charge in [0.1, 0.15) is 17.9 Å². The van der Waals surface area contributed by atoms with Gasteiger partial charge in [0.2, 0.25) is 0 Å². The Morgan fingerprint density at radius 1 is 1.05 bits per heavy atom. The van der Waals surface area contributed by atoms with Crippen LogP contribution in [0.4, 0.5) is 11.5 Å². The molecule has 1 aromatic heterocycles. The Morgan fingerprint density at radius 2 is 1.90 bits per heavy atom. The Balaban J connectivity index is 1.22. The smallest absolute Gasteiger partial charge is 0.318 e. The number of aromatic hydroxyl groups is 1. The topological polar surface area (TPSA) is 94.5 Å². The van der Waals surface area contributed by atoms with Gasteiger partial charge < -0.3 is 34.2 Å². The number of rotatable bonds is 10. The number of carbonyl (C=O) groups is 1. The van der Waals surface area contributed by atoms with Gasteiger partial charge in [0.05, 0.1) is 24.9 Å². The molecule has 1 atom stereocenters. The predicted molar refractivity (Wildman–Crippen MR) is 163 cm³/mol. The second-order valence-corrected chi connectivity index (χ2v) is 11.3. The van der Waals surface area contributed by atoms with Gasteiger partial charge in [-0.2, -0.15) is 9.97 Å². The average Bonchev–Trinajstić information content (AvgIpc) is 3.49. The first kappa shape index (κ1) is 28.2.